The van der Waals surface area contributed by atoms with Gasteiger partial charge in [-0.2, -0.15) is 5.10 Å². The molecule has 2 unspecified atom stereocenters. The molecule has 0 fully saturated rings. The summed E-state index contributed by atoms with van der Waals surface area (Å²) in [5.41, 5.74) is 5.37. The highest BCUT2D eigenvalue weighted by molar-refractivity contribution is 6.30. The highest BCUT2D eigenvalue weighted by Gasteiger charge is 2.40. The molecule has 0 amide bonds. The van der Waals surface area contributed by atoms with Gasteiger partial charge in [0.15, 0.2) is 0 Å². The van der Waals surface area contributed by atoms with Gasteiger partial charge in [0.05, 0.1) is 18.9 Å². The number of rotatable bonds is 6. The third-order valence-electron chi connectivity index (χ3n) is 6.61. The first-order valence-electron chi connectivity index (χ1n) is 11.9. The second-order valence-electron chi connectivity index (χ2n) is 8.87. The maximum Gasteiger partial charge on any atom is 0.213 e. The summed E-state index contributed by atoms with van der Waals surface area (Å²) in [4.78, 5) is 0. The number of halogens is 1. The van der Waals surface area contributed by atoms with Crippen molar-refractivity contribution in [3.05, 3.63) is 124 Å². The summed E-state index contributed by atoms with van der Waals surface area (Å²) in [6, 6.07) is 32.1. The molecular formula is C30H25ClN2O3. The Kier molecular flexibility index (Phi) is 5.99. The number of benzene rings is 4. The predicted octanol–water partition coefficient (Wildman–Crippen LogP) is 7.17. The van der Waals surface area contributed by atoms with Gasteiger partial charge in [0.25, 0.3) is 0 Å². The van der Waals surface area contributed by atoms with Crippen LogP contribution < -0.4 is 14.2 Å². The molecule has 0 radical (unpaired) electrons. The topological polar surface area (TPSA) is 43.3 Å². The van der Waals surface area contributed by atoms with Gasteiger partial charge in [-0.1, -0.05) is 41.9 Å². The van der Waals surface area contributed by atoms with E-state index in [9.17, 15) is 0 Å². The van der Waals surface area contributed by atoms with E-state index in [1.54, 1.807) is 7.11 Å². The second kappa shape index (κ2) is 9.59. The predicted molar refractivity (Wildman–Crippen MR) is 141 cm³/mol. The first kappa shape index (κ1) is 22.5. The Morgan fingerprint density at radius 3 is 2.36 bits per heavy atom. The van der Waals surface area contributed by atoms with Crippen molar-refractivity contribution in [3.8, 4) is 17.2 Å². The van der Waals surface area contributed by atoms with Crippen molar-refractivity contribution in [1.29, 1.82) is 0 Å². The van der Waals surface area contributed by atoms with E-state index in [4.69, 9.17) is 30.9 Å². The Morgan fingerprint density at radius 2 is 1.61 bits per heavy atom. The first-order valence-corrected chi connectivity index (χ1v) is 12.3. The van der Waals surface area contributed by atoms with Crippen molar-refractivity contribution in [1.82, 2.24) is 5.01 Å². The molecule has 0 aliphatic carbocycles. The molecule has 0 spiro atoms. The fourth-order valence-corrected chi connectivity index (χ4v) is 4.81. The third kappa shape index (κ3) is 4.38. The van der Waals surface area contributed by atoms with Gasteiger partial charge >= 0.3 is 0 Å². The number of hydrogen-bond donors (Lipinski definition) is 0. The summed E-state index contributed by atoms with van der Waals surface area (Å²) in [6.07, 6.45) is 0.483. The molecule has 5 nitrogen and oxygen atoms in total. The van der Waals surface area contributed by atoms with Gasteiger partial charge in [0, 0.05) is 22.6 Å². The minimum absolute atomic E-state index is 0.109. The maximum absolute atomic E-state index is 6.48. The molecular weight excluding hydrogens is 472 g/mol. The fraction of sp³-hybridized carbons (Fsp3) is 0.167. The van der Waals surface area contributed by atoms with Gasteiger partial charge in [-0.3, -0.25) is 0 Å². The van der Waals surface area contributed by atoms with Crippen LogP contribution in [-0.2, 0) is 6.61 Å². The number of hydrogen-bond acceptors (Lipinski definition) is 5. The van der Waals surface area contributed by atoms with Crippen LogP contribution >= 0.6 is 11.6 Å². The van der Waals surface area contributed by atoms with Crippen LogP contribution in [0.5, 0.6) is 17.2 Å². The van der Waals surface area contributed by atoms with E-state index in [1.807, 2.05) is 72.8 Å². The molecule has 4 aromatic rings. The summed E-state index contributed by atoms with van der Waals surface area (Å²) in [5, 5.41) is 7.85. The molecule has 0 bridgehead atoms. The molecule has 0 aromatic heterocycles. The zero-order valence-electron chi connectivity index (χ0n) is 19.8. The van der Waals surface area contributed by atoms with Gasteiger partial charge in [-0.25, -0.2) is 5.01 Å². The normalized spacial score (nSPS) is 18.1. The molecule has 4 aromatic carbocycles. The maximum atomic E-state index is 6.48. The minimum atomic E-state index is -0.328. The van der Waals surface area contributed by atoms with Crippen LogP contribution in [0.3, 0.4) is 0 Å². The van der Waals surface area contributed by atoms with Crippen molar-refractivity contribution in [3.63, 3.8) is 0 Å². The number of ether oxygens (including phenoxy) is 3. The van der Waals surface area contributed by atoms with E-state index in [1.165, 1.54) is 0 Å². The van der Waals surface area contributed by atoms with Gasteiger partial charge in [0.1, 0.15) is 23.9 Å². The Morgan fingerprint density at radius 1 is 0.889 bits per heavy atom. The molecule has 0 saturated heterocycles. The van der Waals surface area contributed by atoms with Crippen LogP contribution in [0.25, 0.3) is 0 Å². The highest BCUT2D eigenvalue weighted by Crippen LogP contribution is 2.47. The summed E-state index contributed by atoms with van der Waals surface area (Å²) in [5.74, 6) is 2.53. The number of hydrazone groups is 1. The lowest BCUT2D eigenvalue weighted by Gasteiger charge is -2.38. The average Bonchev–Trinajstić information content (AvgIpc) is 3.39. The van der Waals surface area contributed by atoms with Crippen molar-refractivity contribution >= 4 is 17.3 Å². The van der Waals surface area contributed by atoms with Crippen LogP contribution in [-0.4, -0.2) is 17.8 Å². The van der Waals surface area contributed by atoms with Gasteiger partial charge in [0.2, 0.25) is 6.23 Å². The van der Waals surface area contributed by atoms with E-state index in [2.05, 4.69) is 29.3 Å². The molecule has 0 saturated carbocycles. The molecule has 36 heavy (non-hydrogen) atoms. The Bertz CT molecular complexity index is 1390. The van der Waals surface area contributed by atoms with Crippen molar-refractivity contribution in [2.45, 2.75) is 25.3 Å². The Hall–Kier alpha value is -3.96. The molecule has 0 N–H and O–H groups in total. The first-order chi connectivity index (χ1) is 17.7. The minimum Gasteiger partial charge on any atom is -0.497 e. The monoisotopic (exact) mass is 496 g/mol. The summed E-state index contributed by atoms with van der Waals surface area (Å²) >= 11 is 5.98. The molecule has 2 atom stereocenters. The van der Waals surface area contributed by atoms with Crippen LogP contribution in [0.2, 0.25) is 5.02 Å². The highest BCUT2D eigenvalue weighted by atomic mass is 35.5. The lowest BCUT2D eigenvalue weighted by atomic mass is 9.96. The van der Waals surface area contributed by atoms with E-state index in [0.29, 0.717) is 6.61 Å². The van der Waals surface area contributed by atoms with E-state index < -0.39 is 0 Å². The van der Waals surface area contributed by atoms with Crippen LogP contribution in [0, 0.1) is 0 Å². The SMILES string of the molecule is COc1ccc(C2=NN3C(C2)c2ccccc2OC3c2ccc(OCc3ccc(Cl)cc3)cc2)cc1. The molecule has 6 heteroatoms. The quantitative estimate of drug-likeness (QED) is 0.284. The molecule has 6 rings (SSSR count). The number of methoxy groups -OCH3 is 1. The average molecular weight is 497 g/mol. The van der Waals surface area contributed by atoms with Gasteiger partial charge in [-0.15, -0.1) is 0 Å². The van der Waals surface area contributed by atoms with Gasteiger partial charge < -0.3 is 14.2 Å². The van der Waals surface area contributed by atoms with E-state index in [-0.39, 0.29) is 12.3 Å². The Labute approximate surface area is 215 Å². The fourth-order valence-electron chi connectivity index (χ4n) is 4.69. The zero-order valence-corrected chi connectivity index (χ0v) is 20.6. The Balaban J connectivity index is 1.25. The zero-order chi connectivity index (χ0) is 24.5. The summed E-state index contributed by atoms with van der Waals surface area (Å²) < 4.78 is 17.8. The molecule has 2 heterocycles. The van der Waals surface area contributed by atoms with E-state index in [0.717, 1.165) is 56.7 Å². The number of para-hydroxylation sites is 1. The summed E-state index contributed by atoms with van der Waals surface area (Å²) in [7, 11) is 1.68. The third-order valence-corrected chi connectivity index (χ3v) is 6.86. The van der Waals surface area contributed by atoms with Gasteiger partial charge in [-0.05, 0) is 77.9 Å². The number of fused-ring (bicyclic) bond motifs is 3. The van der Waals surface area contributed by atoms with Crippen LogP contribution in [0.15, 0.2) is 102 Å². The largest absolute Gasteiger partial charge is 0.497 e. The van der Waals surface area contributed by atoms with Crippen molar-refractivity contribution in [2.24, 2.45) is 5.10 Å². The molecule has 2 aliphatic rings. The lowest BCUT2D eigenvalue weighted by Crippen LogP contribution is -2.33. The van der Waals surface area contributed by atoms with Crippen LogP contribution in [0.1, 0.15) is 40.9 Å². The van der Waals surface area contributed by atoms with Crippen LogP contribution in [0.4, 0.5) is 0 Å². The van der Waals surface area contributed by atoms with Crippen molar-refractivity contribution < 1.29 is 14.2 Å². The molecule has 180 valence electrons. The lowest BCUT2D eigenvalue weighted by molar-refractivity contribution is -0.0190. The standard InChI is InChI=1S/C30H25ClN2O3/c1-34-24-14-8-21(9-15-24)27-18-28-26-4-2-3-5-29(26)36-30(33(28)32-27)22-10-16-25(17-11-22)35-19-20-6-12-23(31)13-7-20/h2-17,28,30H,18-19H2,1H3. The summed E-state index contributed by atoms with van der Waals surface area (Å²) in [6.45, 7) is 0.480. The van der Waals surface area contributed by atoms with Crippen molar-refractivity contribution in [2.75, 3.05) is 7.11 Å². The van der Waals surface area contributed by atoms with E-state index >= 15 is 0 Å². The smallest absolute Gasteiger partial charge is 0.213 e. The number of nitrogens with zero attached hydrogens (tertiary/aromatic N) is 2. The molecule has 2 aliphatic heterocycles. The second-order valence-corrected chi connectivity index (χ2v) is 9.30.